The van der Waals surface area contributed by atoms with E-state index in [-0.39, 0.29) is 11.8 Å². The third-order valence-corrected chi connectivity index (χ3v) is 6.42. The SMILES string of the molecule is O=C(O)C1c2ccsc2CCN1C(=O)C1C2CCCCC21. The number of carboxylic acid groups (broad SMARTS) is 1. The molecule has 0 saturated heterocycles. The van der Waals surface area contributed by atoms with E-state index in [4.69, 9.17) is 0 Å². The number of thiophene rings is 1. The molecule has 2 fully saturated rings. The number of rotatable bonds is 2. The molecule has 1 aromatic rings. The van der Waals surface area contributed by atoms with Crippen LogP contribution in [-0.4, -0.2) is 28.4 Å². The third kappa shape index (κ3) is 2.01. The average molecular weight is 305 g/mol. The van der Waals surface area contributed by atoms with E-state index in [1.807, 2.05) is 11.4 Å². The van der Waals surface area contributed by atoms with Gasteiger partial charge < -0.3 is 10.0 Å². The number of nitrogens with zero attached hydrogens (tertiary/aromatic N) is 1. The van der Waals surface area contributed by atoms with Crippen LogP contribution in [0.3, 0.4) is 0 Å². The quantitative estimate of drug-likeness (QED) is 0.914. The van der Waals surface area contributed by atoms with Crippen LogP contribution in [0, 0.1) is 17.8 Å². The lowest BCUT2D eigenvalue weighted by atomic mass is 9.99. The van der Waals surface area contributed by atoms with E-state index >= 15 is 0 Å². The van der Waals surface area contributed by atoms with Crippen LogP contribution in [0.5, 0.6) is 0 Å². The molecule has 4 nitrogen and oxygen atoms in total. The summed E-state index contributed by atoms with van der Waals surface area (Å²) in [6.45, 7) is 0.555. The molecule has 1 amide bonds. The van der Waals surface area contributed by atoms with E-state index in [9.17, 15) is 14.7 Å². The molecule has 3 unspecified atom stereocenters. The van der Waals surface area contributed by atoms with Gasteiger partial charge in [0, 0.05) is 17.3 Å². The first kappa shape index (κ1) is 13.3. The van der Waals surface area contributed by atoms with E-state index in [2.05, 4.69) is 0 Å². The number of carbonyl (C=O) groups is 2. The summed E-state index contributed by atoms with van der Waals surface area (Å²) in [4.78, 5) is 27.3. The zero-order valence-electron chi connectivity index (χ0n) is 11.8. The number of amides is 1. The summed E-state index contributed by atoms with van der Waals surface area (Å²) in [5.41, 5.74) is 0.829. The number of carbonyl (C=O) groups excluding carboxylic acids is 1. The number of fused-ring (bicyclic) bond motifs is 2. The minimum Gasteiger partial charge on any atom is -0.479 e. The Labute approximate surface area is 127 Å². The molecule has 2 heterocycles. The van der Waals surface area contributed by atoms with Crippen LogP contribution >= 0.6 is 11.3 Å². The summed E-state index contributed by atoms with van der Waals surface area (Å²) in [5, 5.41) is 11.5. The van der Waals surface area contributed by atoms with E-state index in [1.54, 1.807) is 16.2 Å². The normalized spacial score (nSPS) is 34.0. The zero-order valence-corrected chi connectivity index (χ0v) is 12.6. The van der Waals surface area contributed by atoms with Crippen LogP contribution in [-0.2, 0) is 16.0 Å². The number of aliphatic carboxylic acids is 1. The maximum atomic E-state index is 12.8. The molecular formula is C16H19NO3S. The molecule has 1 N–H and O–H groups in total. The fourth-order valence-corrected chi connectivity index (χ4v) is 5.27. The second-order valence-corrected chi connectivity index (χ2v) is 7.46. The maximum absolute atomic E-state index is 12.8. The molecule has 112 valence electrons. The van der Waals surface area contributed by atoms with Crippen molar-refractivity contribution in [2.75, 3.05) is 6.54 Å². The molecule has 21 heavy (non-hydrogen) atoms. The molecule has 3 aliphatic rings. The first-order chi connectivity index (χ1) is 10.2. The lowest BCUT2D eigenvalue weighted by Gasteiger charge is -2.33. The van der Waals surface area contributed by atoms with Crippen LogP contribution in [0.4, 0.5) is 0 Å². The van der Waals surface area contributed by atoms with Crippen molar-refractivity contribution in [1.82, 2.24) is 4.90 Å². The minimum atomic E-state index is -0.897. The highest BCUT2D eigenvalue weighted by atomic mass is 32.1. The average Bonchev–Trinajstić information content (AvgIpc) is 3.02. The van der Waals surface area contributed by atoms with Gasteiger partial charge in [0.2, 0.25) is 5.91 Å². The van der Waals surface area contributed by atoms with Crippen molar-refractivity contribution in [3.05, 3.63) is 21.9 Å². The first-order valence-electron chi connectivity index (χ1n) is 7.78. The van der Waals surface area contributed by atoms with Crippen molar-refractivity contribution in [2.24, 2.45) is 17.8 Å². The fraction of sp³-hybridized carbons (Fsp3) is 0.625. The van der Waals surface area contributed by atoms with E-state index in [0.29, 0.717) is 18.4 Å². The predicted molar refractivity (Wildman–Crippen MR) is 79.1 cm³/mol. The molecule has 1 aromatic heterocycles. The van der Waals surface area contributed by atoms with E-state index < -0.39 is 12.0 Å². The van der Waals surface area contributed by atoms with Gasteiger partial charge in [-0.05, 0) is 48.1 Å². The highest BCUT2D eigenvalue weighted by Gasteiger charge is 2.57. The van der Waals surface area contributed by atoms with Gasteiger partial charge in [-0.1, -0.05) is 12.8 Å². The molecule has 0 aromatic carbocycles. The summed E-state index contributed by atoms with van der Waals surface area (Å²) >= 11 is 1.60. The fourth-order valence-electron chi connectivity index (χ4n) is 4.37. The number of hydrogen-bond donors (Lipinski definition) is 1. The molecule has 0 spiro atoms. The van der Waals surface area contributed by atoms with Crippen molar-refractivity contribution in [1.29, 1.82) is 0 Å². The smallest absolute Gasteiger partial charge is 0.331 e. The summed E-state index contributed by atoms with van der Waals surface area (Å²) < 4.78 is 0. The van der Waals surface area contributed by atoms with Crippen molar-refractivity contribution in [3.63, 3.8) is 0 Å². The van der Waals surface area contributed by atoms with Gasteiger partial charge in [-0.2, -0.15) is 0 Å². The lowest BCUT2D eigenvalue weighted by Crippen LogP contribution is -2.44. The standard InChI is InChI=1S/C16H19NO3S/c18-15(13-9-3-1-2-4-10(9)13)17-7-5-12-11(6-8-21-12)14(17)16(19)20/h6,8-10,13-14H,1-5,7H2,(H,19,20). The number of carboxylic acids is 1. The maximum Gasteiger partial charge on any atom is 0.331 e. The zero-order chi connectivity index (χ0) is 14.6. The largest absolute Gasteiger partial charge is 0.479 e. The van der Waals surface area contributed by atoms with Gasteiger partial charge in [-0.25, -0.2) is 4.79 Å². The topological polar surface area (TPSA) is 57.6 Å². The summed E-state index contributed by atoms with van der Waals surface area (Å²) in [6.07, 6.45) is 5.54. The van der Waals surface area contributed by atoms with Crippen LogP contribution in [0.2, 0.25) is 0 Å². The Hall–Kier alpha value is -1.36. The summed E-state index contributed by atoms with van der Waals surface area (Å²) in [5.74, 6) is 0.367. The van der Waals surface area contributed by atoms with Gasteiger partial charge in [0.05, 0.1) is 0 Å². The highest BCUT2D eigenvalue weighted by Crippen LogP contribution is 2.56. The molecule has 5 heteroatoms. The molecule has 2 aliphatic carbocycles. The molecule has 3 atom stereocenters. The second kappa shape index (κ2) is 4.83. The van der Waals surface area contributed by atoms with Crippen LogP contribution in [0.25, 0.3) is 0 Å². The Morgan fingerprint density at radius 1 is 1.24 bits per heavy atom. The molecule has 0 bridgehead atoms. The van der Waals surface area contributed by atoms with Gasteiger partial charge >= 0.3 is 5.97 Å². The van der Waals surface area contributed by atoms with E-state index in [1.165, 1.54) is 12.8 Å². The van der Waals surface area contributed by atoms with Gasteiger partial charge in [-0.15, -0.1) is 11.3 Å². The lowest BCUT2D eigenvalue weighted by molar-refractivity contribution is -0.152. The Balaban J connectivity index is 1.60. The third-order valence-electron chi connectivity index (χ3n) is 5.42. The molecule has 2 saturated carbocycles. The second-order valence-electron chi connectivity index (χ2n) is 6.46. The number of hydrogen-bond acceptors (Lipinski definition) is 3. The molecule has 1 aliphatic heterocycles. The first-order valence-corrected chi connectivity index (χ1v) is 8.66. The van der Waals surface area contributed by atoms with Crippen molar-refractivity contribution < 1.29 is 14.7 Å². The van der Waals surface area contributed by atoms with Crippen molar-refractivity contribution in [2.45, 2.75) is 38.1 Å². The van der Waals surface area contributed by atoms with Gasteiger partial charge in [0.1, 0.15) is 0 Å². The van der Waals surface area contributed by atoms with Crippen LogP contribution in [0.1, 0.15) is 42.2 Å². The van der Waals surface area contributed by atoms with Gasteiger partial charge in [0.15, 0.2) is 6.04 Å². The summed E-state index contributed by atoms with van der Waals surface area (Å²) in [7, 11) is 0. The van der Waals surface area contributed by atoms with Crippen molar-refractivity contribution >= 4 is 23.2 Å². The van der Waals surface area contributed by atoms with E-state index in [0.717, 1.165) is 29.7 Å². The van der Waals surface area contributed by atoms with Gasteiger partial charge in [0.25, 0.3) is 0 Å². The molecular weight excluding hydrogens is 286 g/mol. The minimum absolute atomic E-state index is 0.0937. The van der Waals surface area contributed by atoms with Crippen LogP contribution in [0.15, 0.2) is 11.4 Å². The Kier molecular flexibility index (Phi) is 3.06. The van der Waals surface area contributed by atoms with Crippen molar-refractivity contribution in [3.8, 4) is 0 Å². The predicted octanol–water partition coefficient (Wildman–Crippen LogP) is 2.69. The monoisotopic (exact) mass is 305 g/mol. The summed E-state index contributed by atoms with van der Waals surface area (Å²) in [6, 6.07) is 1.10. The Bertz CT molecular complexity index is 584. The molecule has 4 rings (SSSR count). The van der Waals surface area contributed by atoms with Gasteiger partial charge in [-0.3, -0.25) is 4.79 Å². The molecule has 0 radical (unpaired) electrons. The van der Waals surface area contributed by atoms with Crippen LogP contribution < -0.4 is 0 Å². The Morgan fingerprint density at radius 3 is 2.62 bits per heavy atom. The Morgan fingerprint density at radius 2 is 1.95 bits per heavy atom. The highest BCUT2D eigenvalue weighted by molar-refractivity contribution is 7.10.